The number of hydrogen-bond acceptors (Lipinski definition) is 5. The van der Waals surface area contributed by atoms with Crippen LogP contribution in [0.3, 0.4) is 0 Å². The Hall–Kier alpha value is -3.59. The van der Waals surface area contributed by atoms with Crippen molar-refractivity contribution < 1.29 is 24.2 Å². The standard InChI is InChI=1S/C21H22N4O5/c22-21(28)15-8-10-24(11-9-15)13-19(26)23-18-7-6-16(25(29)30)12-17(18)20(27)14-4-2-1-3-5-14/h1-7,12,15H,8-11,13H2,(H2,22,28)(H,23,26)/p+1. The minimum Gasteiger partial charge on any atom is -0.369 e. The van der Waals surface area contributed by atoms with Crippen molar-refractivity contribution in [3.8, 4) is 0 Å². The van der Waals surface area contributed by atoms with Crippen LogP contribution in [0.4, 0.5) is 11.4 Å². The molecule has 0 radical (unpaired) electrons. The zero-order chi connectivity index (χ0) is 21.7. The molecule has 2 aromatic carbocycles. The van der Waals surface area contributed by atoms with E-state index in [0.717, 1.165) is 4.90 Å². The minimum atomic E-state index is -0.583. The van der Waals surface area contributed by atoms with Gasteiger partial charge in [-0.2, -0.15) is 0 Å². The molecule has 0 aliphatic carbocycles. The highest BCUT2D eigenvalue weighted by Crippen LogP contribution is 2.25. The van der Waals surface area contributed by atoms with Crippen molar-refractivity contribution in [2.75, 3.05) is 25.0 Å². The van der Waals surface area contributed by atoms with Crippen molar-refractivity contribution in [2.45, 2.75) is 12.8 Å². The summed E-state index contributed by atoms with van der Waals surface area (Å²) in [6.07, 6.45) is 1.26. The van der Waals surface area contributed by atoms with Crippen LogP contribution in [-0.4, -0.2) is 42.2 Å². The van der Waals surface area contributed by atoms with E-state index in [0.29, 0.717) is 31.5 Å². The minimum absolute atomic E-state index is 0.0613. The number of nitrogens with two attached hydrogens (primary N) is 1. The van der Waals surface area contributed by atoms with E-state index in [1.54, 1.807) is 30.3 Å². The van der Waals surface area contributed by atoms with Crippen LogP contribution in [0.2, 0.25) is 0 Å². The number of hydrogen-bond donors (Lipinski definition) is 3. The molecule has 1 saturated heterocycles. The molecule has 9 heteroatoms. The molecule has 156 valence electrons. The fourth-order valence-corrected chi connectivity index (χ4v) is 3.60. The highest BCUT2D eigenvalue weighted by Gasteiger charge is 2.27. The summed E-state index contributed by atoms with van der Waals surface area (Å²) in [5, 5.41) is 13.9. The molecule has 30 heavy (non-hydrogen) atoms. The summed E-state index contributed by atoms with van der Waals surface area (Å²) in [4.78, 5) is 48.3. The van der Waals surface area contributed by atoms with Gasteiger partial charge >= 0.3 is 0 Å². The zero-order valence-electron chi connectivity index (χ0n) is 16.3. The normalized spacial score (nSPS) is 18.4. The summed E-state index contributed by atoms with van der Waals surface area (Å²) in [7, 11) is 0. The Labute approximate surface area is 173 Å². The number of nitrogens with zero attached hydrogens (tertiary/aromatic N) is 1. The third-order valence-electron chi connectivity index (χ3n) is 5.27. The maximum Gasteiger partial charge on any atom is 0.279 e. The van der Waals surface area contributed by atoms with E-state index in [9.17, 15) is 24.5 Å². The summed E-state index contributed by atoms with van der Waals surface area (Å²) < 4.78 is 0. The van der Waals surface area contributed by atoms with E-state index in [1.165, 1.54) is 18.2 Å². The molecule has 1 fully saturated rings. The molecule has 0 atom stereocenters. The number of primary amides is 1. The van der Waals surface area contributed by atoms with Crippen molar-refractivity contribution in [2.24, 2.45) is 11.7 Å². The monoisotopic (exact) mass is 411 g/mol. The average molecular weight is 411 g/mol. The molecule has 0 aromatic heterocycles. The lowest BCUT2D eigenvalue weighted by atomic mass is 9.96. The van der Waals surface area contributed by atoms with E-state index >= 15 is 0 Å². The van der Waals surface area contributed by atoms with Crippen LogP contribution in [-0.2, 0) is 9.59 Å². The molecule has 0 spiro atoms. The number of benzene rings is 2. The Kier molecular flexibility index (Phi) is 6.53. The van der Waals surface area contributed by atoms with E-state index in [4.69, 9.17) is 5.73 Å². The van der Waals surface area contributed by atoms with Gasteiger partial charge in [0.25, 0.3) is 11.6 Å². The van der Waals surface area contributed by atoms with Crippen LogP contribution in [0.15, 0.2) is 48.5 Å². The number of carbonyl (C=O) groups is 3. The molecule has 1 heterocycles. The van der Waals surface area contributed by atoms with E-state index in [1.807, 2.05) is 0 Å². The predicted molar refractivity (Wildman–Crippen MR) is 109 cm³/mol. The Morgan fingerprint density at radius 3 is 2.37 bits per heavy atom. The van der Waals surface area contributed by atoms with Crippen molar-refractivity contribution in [1.29, 1.82) is 0 Å². The summed E-state index contributed by atoms with van der Waals surface area (Å²) in [6.45, 7) is 1.47. The molecular formula is C21H23N4O5+. The summed E-state index contributed by atoms with van der Waals surface area (Å²) in [5.74, 6) is -1.18. The molecule has 9 nitrogen and oxygen atoms in total. The first-order chi connectivity index (χ1) is 14.3. The number of rotatable bonds is 7. The zero-order valence-corrected chi connectivity index (χ0v) is 16.3. The van der Waals surface area contributed by atoms with Gasteiger partial charge in [0.2, 0.25) is 5.91 Å². The number of quaternary nitrogens is 1. The second-order valence-electron chi connectivity index (χ2n) is 7.33. The number of ketones is 1. The third kappa shape index (κ3) is 5.06. The van der Waals surface area contributed by atoms with Crippen molar-refractivity contribution >= 4 is 29.0 Å². The first-order valence-corrected chi connectivity index (χ1v) is 9.66. The van der Waals surface area contributed by atoms with Gasteiger partial charge in [0, 0.05) is 36.5 Å². The van der Waals surface area contributed by atoms with Gasteiger partial charge in [-0.25, -0.2) is 0 Å². The molecule has 1 aliphatic rings. The summed E-state index contributed by atoms with van der Waals surface area (Å²) in [6, 6.07) is 12.2. The second-order valence-corrected chi connectivity index (χ2v) is 7.33. The topological polar surface area (TPSA) is 137 Å². The summed E-state index contributed by atoms with van der Waals surface area (Å²) in [5.41, 5.74) is 5.76. The smallest absolute Gasteiger partial charge is 0.279 e. The van der Waals surface area contributed by atoms with E-state index in [2.05, 4.69) is 5.32 Å². The Balaban J connectivity index is 1.75. The molecule has 2 aromatic rings. The van der Waals surface area contributed by atoms with Gasteiger partial charge in [-0.05, 0) is 6.07 Å². The van der Waals surface area contributed by atoms with Crippen molar-refractivity contribution in [1.82, 2.24) is 0 Å². The number of nitrogens with one attached hydrogen (secondary N) is 2. The van der Waals surface area contributed by atoms with Crippen LogP contribution >= 0.6 is 0 Å². The van der Waals surface area contributed by atoms with Crippen LogP contribution in [0.5, 0.6) is 0 Å². The Bertz CT molecular complexity index is 969. The van der Waals surface area contributed by atoms with Gasteiger partial charge in [0.05, 0.1) is 29.3 Å². The molecule has 0 saturated carbocycles. The van der Waals surface area contributed by atoms with Crippen LogP contribution in [0.1, 0.15) is 28.8 Å². The average Bonchev–Trinajstić information content (AvgIpc) is 2.74. The van der Waals surface area contributed by atoms with Crippen molar-refractivity contribution in [3.05, 3.63) is 69.8 Å². The first kappa shape index (κ1) is 21.1. The summed E-state index contributed by atoms with van der Waals surface area (Å²) >= 11 is 0. The predicted octanol–water partition coefficient (Wildman–Crippen LogP) is 0.545. The van der Waals surface area contributed by atoms with Crippen LogP contribution in [0, 0.1) is 16.0 Å². The number of nitro benzene ring substituents is 1. The fraction of sp³-hybridized carbons (Fsp3) is 0.286. The number of piperidine rings is 1. The highest BCUT2D eigenvalue weighted by molar-refractivity contribution is 6.14. The SMILES string of the molecule is NC(=O)C1CC[NH+](CC(=O)Nc2ccc([N+](=O)[O-])cc2C(=O)c2ccccc2)CC1. The van der Waals surface area contributed by atoms with E-state index < -0.39 is 10.7 Å². The Morgan fingerprint density at radius 1 is 1.10 bits per heavy atom. The third-order valence-corrected chi connectivity index (χ3v) is 5.27. The molecule has 0 bridgehead atoms. The number of nitro groups is 1. The largest absolute Gasteiger partial charge is 0.369 e. The van der Waals surface area contributed by atoms with E-state index in [-0.39, 0.29) is 41.2 Å². The number of anilines is 1. The molecule has 0 unspecified atom stereocenters. The van der Waals surface area contributed by atoms with Gasteiger partial charge in [0.1, 0.15) is 0 Å². The first-order valence-electron chi connectivity index (χ1n) is 9.66. The Morgan fingerprint density at radius 2 is 1.77 bits per heavy atom. The maximum absolute atomic E-state index is 12.9. The van der Waals surface area contributed by atoms with Gasteiger partial charge in [-0.15, -0.1) is 0 Å². The number of likely N-dealkylation sites (tertiary alicyclic amines) is 1. The van der Waals surface area contributed by atoms with Crippen LogP contribution in [0.25, 0.3) is 0 Å². The maximum atomic E-state index is 12.9. The molecule has 3 rings (SSSR count). The van der Waals surface area contributed by atoms with Gasteiger partial charge in [-0.1, -0.05) is 30.3 Å². The van der Waals surface area contributed by atoms with Gasteiger partial charge in [0.15, 0.2) is 12.3 Å². The molecule has 1 aliphatic heterocycles. The van der Waals surface area contributed by atoms with Gasteiger partial charge in [-0.3, -0.25) is 24.5 Å². The molecule has 2 amide bonds. The molecule has 4 N–H and O–H groups in total. The van der Waals surface area contributed by atoms with Crippen LogP contribution < -0.4 is 16.0 Å². The number of amides is 2. The second kappa shape index (κ2) is 9.27. The molecular weight excluding hydrogens is 388 g/mol. The lowest BCUT2D eigenvalue weighted by Gasteiger charge is -2.27. The number of carbonyl (C=O) groups excluding carboxylic acids is 3. The van der Waals surface area contributed by atoms with Crippen molar-refractivity contribution in [3.63, 3.8) is 0 Å². The van der Waals surface area contributed by atoms with Gasteiger partial charge < -0.3 is 16.0 Å². The highest BCUT2D eigenvalue weighted by atomic mass is 16.6. The lowest BCUT2D eigenvalue weighted by Crippen LogP contribution is -3.14. The number of non-ortho nitro benzene ring substituents is 1. The lowest BCUT2D eigenvalue weighted by molar-refractivity contribution is -0.897. The quantitative estimate of drug-likeness (QED) is 0.347. The fourth-order valence-electron chi connectivity index (χ4n) is 3.60.